The van der Waals surface area contributed by atoms with Gasteiger partial charge in [-0.05, 0) is 41.7 Å². The number of nitrogens with zero attached hydrogens (tertiary/aromatic N) is 3. The van der Waals surface area contributed by atoms with Crippen molar-refractivity contribution < 1.29 is 14.3 Å². The Morgan fingerprint density at radius 1 is 0.886 bits per heavy atom. The zero-order valence-corrected chi connectivity index (χ0v) is 19.6. The maximum Gasteiger partial charge on any atom is 0.321 e. The van der Waals surface area contributed by atoms with Gasteiger partial charge in [-0.15, -0.1) is 0 Å². The molecule has 0 aliphatic carbocycles. The molecule has 4 atom stereocenters. The fraction of sp³-hybridized carbons (Fsp3) is 0.276. The third-order valence-corrected chi connectivity index (χ3v) is 6.85. The minimum Gasteiger partial charge on any atom is -0.458 e. The molecule has 0 bridgehead atoms. The number of benzene rings is 3. The average Bonchev–Trinajstić information content (AvgIpc) is 3.58. The van der Waals surface area contributed by atoms with Crippen molar-refractivity contribution >= 4 is 12.0 Å². The fourth-order valence-corrected chi connectivity index (χ4v) is 5.26. The predicted octanol–water partition coefficient (Wildman–Crippen LogP) is 4.33. The Bertz CT molecular complexity index is 1250. The van der Waals surface area contributed by atoms with Crippen molar-refractivity contribution in [2.24, 2.45) is 0 Å². The highest BCUT2D eigenvalue weighted by atomic mass is 16.5. The molecule has 5 rings (SSSR count). The first-order chi connectivity index (χ1) is 17.0. The minimum absolute atomic E-state index is 0.0250. The van der Waals surface area contributed by atoms with Crippen LogP contribution in [0.3, 0.4) is 0 Å². The standard InChI is InChI=1S/C29H27N3O3/c1-20(33)35-28-26(17-22-11-6-3-7-12-22)31(19-24-14-8-13-23(15-24)18-30)29(34)32-25(27(28)32)16-21-9-4-2-5-10-21/h2-15,25-28H,16-17,19H2,1H3/t25-,26-,27-,28+,32?/m1/s1. The number of ether oxygens (including phenoxy) is 1. The first kappa shape index (κ1) is 22.7. The lowest BCUT2D eigenvalue weighted by Crippen LogP contribution is -2.57. The highest BCUT2D eigenvalue weighted by molar-refractivity contribution is 5.81. The van der Waals surface area contributed by atoms with Crippen LogP contribution in [0.4, 0.5) is 4.79 Å². The number of hydrogen-bond acceptors (Lipinski definition) is 4. The summed E-state index contributed by atoms with van der Waals surface area (Å²) < 4.78 is 5.93. The van der Waals surface area contributed by atoms with Crippen molar-refractivity contribution in [2.75, 3.05) is 0 Å². The number of carbonyl (C=O) groups is 2. The van der Waals surface area contributed by atoms with E-state index in [4.69, 9.17) is 4.74 Å². The fourth-order valence-electron chi connectivity index (χ4n) is 5.26. The SMILES string of the molecule is CC(=O)O[C@@H]1[C@H]2[C@@H](Cc3ccccc3)N2C(=O)N(Cc2cccc(C#N)c2)[C@@H]1Cc1ccccc1. The summed E-state index contributed by atoms with van der Waals surface area (Å²) in [6.45, 7) is 1.76. The van der Waals surface area contributed by atoms with E-state index in [9.17, 15) is 14.9 Å². The number of fused-ring (bicyclic) bond motifs is 1. The van der Waals surface area contributed by atoms with Crippen LogP contribution in [0, 0.1) is 11.3 Å². The second kappa shape index (κ2) is 9.63. The quantitative estimate of drug-likeness (QED) is 0.385. The van der Waals surface area contributed by atoms with E-state index in [1.165, 1.54) is 6.92 Å². The summed E-state index contributed by atoms with van der Waals surface area (Å²) in [6, 6.07) is 29.0. The Hall–Kier alpha value is -4.11. The molecular weight excluding hydrogens is 438 g/mol. The summed E-state index contributed by atoms with van der Waals surface area (Å²) in [7, 11) is 0. The summed E-state index contributed by atoms with van der Waals surface area (Å²) >= 11 is 0. The molecule has 35 heavy (non-hydrogen) atoms. The molecule has 2 saturated heterocycles. The maximum absolute atomic E-state index is 13.8. The second-order valence-corrected chi connectivity index (χ2v) is 9.21. The van der Waals surface area contributed by atoms with Crippen molar-refractivity contribution in [3.05, 3.63) is 107 Å². The number of esters is 1. The van der Waals surface area contributed by atoms with Gasteiger partial charge in [-0.3, -0.25) is 4.79 Å². The Kier molecular flexibility index (Phi) is 6.24. The molecule has 0 unspecified atom stereocenters. The molecular formula is C29H27N3O3. The molecule has 0 radical (unpaired) electrons. The number of nitriles is 1. The van der Waals surface area contributed by atoms with E-state index in [1.54, 1.807) is 6.07 Å². The van der Waals surface area contributed by atoms with E-state index in [0.717, 1.165) is 16.7 Å². The highest BCUT2D eigenvalue weighted by Crippen LogP contribution is 2.44. The molecule has 2 amide bonds. The molecule has 3 aromatic carbocycles. The molecule has 6 heteroatoms. The summed E-state index contributed by atoms with van der Waals surface area (Å²) in [4.78, 5) is 29.7. The van der Waals surface area contributed by atoms with E-state index in [1.807, 2.05) is 76.5 Å². The van der Waals surface area contributed by atoms with E-state index < -0.39 is 6.10 Å². The van der Waals surface area contributed by atoms with Crippen LogP contribution in [0.1, 0.15) is 29.2 Å². The summed E-state index contributed by atoms with van der Waals surface area (Å²) in [6.07, 6.45) is 0.841. The van der Waals surface area contributed by atoms with Gasteiger partial charge in [0.15, 0.2) is 0 Å². The topological polar surface area (TPSA) is 73.4 Å². The number of rotatable bonds is 7. The van der Waals surface area contributed by atoms with Gasteiger partial charge in [-0.2, -0.15) is 5.26 Å². The van der Waals surface area contributed by atoms with Crippen LogP contribution in [0.25, 0.3) is 0 Å². The Balaban J connectivity index is 1.50. The third-order valence-electron chi connectivity index (χ3n) is 6.85. The van der Waals surface area contributed by atoms with Gasteiger partial charge < -0.3 is 14.5 Å². The van der Waals surface area contributed by atoms with Crippen molar-refractivity contribution in [3.8, 4) is 6.07 Å². The smallest absolute Gasteiger partial charge is 0.321 e. The van der Waals surface area contributed by atoms with E-state index in [2.05, 4.69) is 18.2 Å². The Morgan fingerprint density at radius 3 is 2.09 bits per heavy atom. The average molecular weight is 466 g/mol. The van der Waals surface area contributed by atoms with Crippen LogP contribution in [0.5, 0.6) is 0 Å². The third kappa shape index (κ3) is 4.76. The van der Waals surface area contributed by atoms with Gasteiger partial charge in [0.25, 0.3) is 0 Å². The number of carbonyl (C=O) groups excluding carboxylic acids is 2. The number of urea groups is 1. The molecule has 0 N–H and O–H groups in total. The Morgan fingerprint density at radius 2 is 1.49 bits per heavy atom. The van der Waals surface area contributed by atoms with Gasteiger partial charge in [-0.1, -0.05) is 72.8 Å². The van der Waals surface area contributed by atoms with Gasteiger partial charge in [0.05, 0.1) is 29.8 Å². The van der Waals surface area contributed by atoms with Crippen molar-refractivity contribution in [2.45, 2.75) is 50.5 Å². The van der Waals surface area contributed by atoms with Gasteiger partial charge in [0.2, 0.25) is 0 Å². The zero-order valence-electron chi connectivity index (χ0n) is 19.6. The molecule has 2 heterocycles. The molecule has 0 saturated carbocycles. The van der Waals surface area contributed by atoms with Crippen LogP contribution >= 0.6 is 0 Å². The predicted molar refractivity (Wildman–Crippen MR) is 131 cm³/mol. The number of amides is 2. The van der Waals surface area contributed by atoms with E-state index in [0.29, 0.717) is 24.9 Å². The van der Waals surface area contributed by atoms with E-state index >= 15 is 0 Å². The van der Waals surface area contributed by atoms with Crippen LogP contribution in [0.15, 0.2) is 84.9 Å². The highest BCUT2D eigenvalue weighted by Gasteiger charge is 2.63. The Labute approximate surface area is 205 Å². The van der Waals surface area contributed by atoms with Crippen molar-refractivity contribution in [1.82, 2.24) is 9.80 Å². The zero-order chi connectivity index (χ0) is 24.4. The molecule has 6 nitrogen and oxygen atoms in total. The lowest BCUT2D eigenvalue weighted by Gasteiger charge is -2.40. The van der Waals surface area contributed by atoms with Gasteiger partial charge in [0.1, 0.15) is 6.10 Å². The summed E-state index contributed by atoms with van der Waals surface area (Å²) in [5, 5.41) is 9.34. The molecule has 176 valence electrons. The normalized spacial score (nSPS) is 22.8. The first-order valence-electron chi connectivity index (χ1n) is 11.9. The summed E-state index contributed by atoms with van der Waals surface area (Å²) in [5.74, 6) is -0.348. The summed E-state index contributed by atoms with van der Waals surface area (Å²) in [5.41, 5.74) is 3.65. The molecule has 0 spiro atoms. The van der Waals surface area contributed by atoms with E-state index in [-0.39, 0.29) is 30.1 Å². The molecule has 2 fully saturated rings. The lowest BCUT2D eigenvalue weighted by molar-refractivity contribution is -0.151. The minimum atomic E-state index is -0.446. The van der Waals surface area contributed by atoms with Crippen LogP contribution < -0.4 is 0 Å². The molecule has 3 aromatic rings. The van der Waals surface area contributed by atoms with Gasteiger partial charge in [-0.25, -0.2) is 4.79 Å². The number of hydrogen-bond donors (Lipinski definition) is 0. The van der Waals surface area contributed by atoms with Crippen LogP contribution in [-0.2, 0) is 28.9 Å². The molecule has 2 aliphatic heterocycles. The first-order valence-corrected chi connectivity index (χ1v) is 11.9. The van der Waals surface area contributed by atoms with Gasteiger partial charge in [0, 0.05) is 13.5 Å². The largest absolute Gasteiger partial charge is 0.458 e. The molecule has 0 aromatic heterocycles. The van der Waals surface area contributed by atoms with Crippen LogP contribution in [0.2, 0.25) is 0 Å². The van der Waals surface area contributed by atoms with Crippen molar-refractivity contribution in [1.29, 1.82) is 5.26 Å². The van der Waals surface area contributed by atoms with Crippen molar-refractivity contribution in [3.63, 3.8) is 0 Å². The molecule has 2 aliphatic rings. The van der Waals surface area contributed by atoms with Crippen LogP contribution in [-0.4, -0.2) is 46.0 Å². The lowest BCUT2D eigenvalue weighted by atomic mass is 9.94. The van der Waals surface area contributed by atoms with Gasteiger partial charge >= 0.3 is 12.0 Å². The monoisotopic (exact) mass is 465 g/mol. The maximum atomic E-state index is 13.8. The second-order valence-electron chi connectivity index (χ2n) is 9.21.